The van der Waals surface area contributed by atoms with Crippen molar-refractivity contribution >= 4 is 29.9 Å². The van der Waals surface area contributed by atoms with E-state index in [1.54, 1.807) is 0 Å². The highest BCUT2D eigenvalue weighted by molar-refractivity contribution is 14.0. The molecule has 0 radical (unpaired) electrons. The molecule has 1 rings (SSSR count). The van der Waals surface area contributed by atoms with E-state index in [1.165, 1.54) is 17.5 Å². The summed E-state index contributed by atoms with van der Waals surface area (Å²) in [5.41, 5.74) is 2.36. The summed E-state index contributed by atoms with van der Waals surface area (Å²) in [6.07, 6.45) is 2.33. The largest absolute Gasteiger partial charge is 0.379 e. The highest BCUT2D eigenvalue weighted by atomic mass is 127. The van der Waals surface area contributed by atoms with Crippen LogP contribution in [0.2, 0.25) is 0 Å². The Labute approximate surface area is 207 Å². The average Bonchev–Trinajstić information content (AvgIpc) is 2.75. The summed E-state index contributed by atoms with van der Waals surface area (Å²) >= 11 is 0. The van der Waals surface area contributed by atoms with E-state index in [2.05, 4.69) is 67.5 Å². The molecular weight excluding hydrogens is 503 g/mol. The Morgan fingerprint density at radius 1 is 1.06 bits per heavy atom. The molecule has 180 valence electrons. The van der Waals surface area contributed by atoms with Crippen LogP contribution in [-0.2, 0) is 22.6 Å². The van der Waals surface area contributed by atoms with Gasteiger partial charge in [-0.15, -0.1) is 24.0 Å². The molecule has 0 aliphatic heterocycles. The normalized spacial score (nSPS) is 12.5. The zero-order valence-corrected chi connectivity index (χ0v) is 22.6. The third-order valence-electron chi connectivity index (χ3n) is 4.99. The second-order valence-electron chi connectivity index (χ2n) is 7.48. The third-order valence-corrected chi connectivity index (χ3v) is 4.99. The van der Waals surface area contributed by atoms with E-state index in [9.17, 15) is 0 Å². The summed E-state index contributed by atoms with van der Waals surface area (Å²) in [5.74, 6) is 0.881. The first-order valence-corrected chi connectivity index (χ1v) is 11.6. The van der Waals surface area contributed by atoms with E-state index < -0.39 is 0 Å². The van der Waals surface area contributed by atoms with Gasteiger partial charge in [0.05, 0.1) is 26.4 Å². The van der Waals surface area contributed by atoms with Crippen molar-refractivity contribution in [3.05, 3.63) is 35.4 Å². The smallest absolute Gasteiger partial charge is 0.191 e. The van der Waals surface area contributed by atoms with E-state index in [4.69, 9.17) is 14.5 Å². The lowest BCUT2D eigenvalue weighted by molar-refractivity contribution is 0.0453. The molecule has 0 spiro atoms. The fraction of sp³-hybridized carbons (Fsp3) is 0.708. The number of benzene rings is 1. The molecule has 1 aromatic rings. The van der Waals surface area contributed by atoms with Crippen molar-refractivity contribution in [1.29, 1.82) is 0 Å². The maximum absolute atomic E-state index is 5.68. The Morgan fingerprint density at radius 3 is 2.45 bits per heavy atom. The van der Waals surface area contributed by atoms with E-state index in [1.807, 2.05) is 6.92 Å². The van der Waals surface area contributed by atoms with Crippen LogP contribution in [0.25, 0.3) is 0 Å². The zero-order valence-electron chi connectivity index (χ0n) is 20.3. The molecule has 6 nitrogen and oxygen atoms in total. The molecule has 2 N–H and O–H groups in total. The molecule has 1 atom stereocenters. The van der Waals surface area contributed by atoms with Gasteiger partial charge in [0, 0.05) is 19.2 Å². The third kappa shape index (κ3) is 14.7. The summed E-state index contributed by atoms with van der Waals surface area (Å²) in [6.45, 7) is 18.3. The van der Waals surface area contributed by atoms with Gasteiger partial charge in [-0.3, -0.25) is 0 Å². The Hall–Kier alpha value is -0.900. The number of hydrogen-bond acceptors (Lipinski definition) is 4. The molecule has 7 heteroatoms. The first kappa shape index (κ1) is 30.1. The number of rotatable bonds is 16. The molecule has 31 heavy (non-hydrogen) atoms. The lowest BCUT2D eigenvalue weighted by atomic mass is 10.1. The van der Waals surface area contributed by atoms with Gasteiger partial charge in [-0.2, -0.15) is 0 Å². The van der Waals surface area contributed by atoms with Crippen LogP contribution in [0, 0.1) is 0 Å². The monoisotopic (exact) mass is 548 g/mol. The van der Waals surface area contributed by atoms with Gasteiger partial charge in [0.2, 0.25) is 0 Å². The predicted octanol–water partition coefficient (Wildman–Crippen LogP) is 4.42. The van der Waals surface area contributed by atoms with Crippen molar-refractivity contribution in [2.75, 3.05) is 46.0 Å². The molecular formula is C24H45IN4O2. The van der Waals surface area contributed by atoms with Crippen molar-refractivity contribution in [3.8, 4) is 0 Å². The van der Waals surface area contributed by atoms with Gasteiger partial charge in [0.25, 0.3) is 0 Å². The van der Waals surface area contributed by atoms with E-state index >= 15 is 0 Å². The fourth-order valence-corrected chi connectivity index (χ4v) is 3.23. The van der Waals surface area contributed by atoms with Crippen LogP contribution in [0.4, 0.5) is 0 Å². The van der Waals surface area contributed by atoms with Gasteiger partial charge in [-0.1, -0.05) is 38.1 Å². The first-order chi connectivity index (χ1) is 14.6. The molecule has 0 bridgehead atoms. The Balaban J connectivity index is 0.00000900. The summed E-state index contributed by atoms with van der Waals surface area (Å²) in [5, 5.41) is 6.91. The quantitative estimate of drug-likeness (QED) is 0.139. The second kappa shape index (κ2) is 19.8. The van der Waals surface area contributed by atoms with E-state index in [-0.39, 0.29) is 24.0 Å². The SMILES string of the molecule is CCNC(=NCc1cccc(COCCOCC)c1)NC(C)CCCN(CC)CC.I. The second-order valence-corrected chi connectivity index (χ2v) is 7.48. The van der Waals surface area contributed by atoms with E-state index in [0.29, 0.717) is 32.4 Å². The molecule has 0 aromatic heterocycles. The first-order valence-electron chi connectivity index (χ1n) is 11.6. The molecule has 1 aromatic carbocycles. The predicted molar refractivity (Wildman–Crippen MR) is 142 cm³/mol. The minimum absolute atomic E-state index is 0. The summed E-state index contributed by atoms with van der Waals surface area (Å²) in [4.78, 5) is 7.26. The van der Waals surface area contributed by atoms with Gasteiger partial charge in [-0.25, -0.2) is 4.99 Å². The zero-order chi connectivity index (χ0) is 22.0. The molecule has 0 saturated carbocycles. The van der Waals surface area contributed by atoms with E-state index in [0.717, 1.165) is 45.2 Å². The molecule has 1 unspecified atom stereocenters. The van der Waals surface area contributed by atoms with Crippen LogP contribution in [0.3, 0.4) is 0 Å². The fourth-order valence-electron chi connectivity index (χ4n) is 3.23. The van der Waals surface area contributed by atoms with Gasteiger partial charge in [-0.05, 0) is 64.4 Å². The molecule has 0 saturated heterocycles. The number of halogens is 1. The lowest BCUT2D eigenvalue weighted by Gasteiger charge is -2.21. The highest BCUT2D eigenvalue weighted by Crippen LogP contribution is 2.08. The van der Waals surface area contributed by atoms with Crippen molar-refractivity contribution in [3.63, 3.8) is 0 Å². The summed E-state index contributed by atoms with van der Waals surface area (Å²) in [6, 6.07) is 8.84. The van der Waals surface area contributed by atoms with Crippen LogP contribution < -0.4 is 10.6 Å². The number of nitrogens with zero attached hydrogens (tertiary/aromatic N) is 2. The Morgan fingerprint density at radius 2 is 1.77 bits per heavy atom. The molecule has 0 amide bonds. The van der Waals surface area contributed by atoms with Crippen LogP contribution in [0.15, 0.2) is 29.3 Å². The van der Waals surface area contributed by atoms with Crippen LogP contribution >= 0.6 is 24.0 Å². The maximum Gasteiger partial charge on any atom is 0.191 e. The summed E-state index contributed by atoms with van der Waals surface area (Å²) < 4.78 is 11.0. The van der Waals surface area contributed by atoms with Crippen molar-refractivity contribution < 1.29 is 9.47 Å². The van der Waals surface area contributed by atoms with Crippen molar-refractivity contribution in [1.82, 2.24) is 15.5 Å². The van der Waals surface area contributed by atoms with Crippen molar-refractivity contribution in [2.24, 2.45) is 4.99 Å². The molecule has 0 fully saturated rings. The minimum atomic E-state index is 0. The highest BCUT2D eigenvalue weighted by Gasteiger charge is 2.07. The summed E-state index contributed by atoms with van der Waals surface area (Å²) in [7, 11) is 0. The van der Waals surface area contributed by atoms with Gasteiger partial charge < -0.3 is 25.0 Å². The number of guanidine groups is 1. The van der Waals surface area contributed by atoms with Gasteiger partial charge >= 0.3 is 0 Å². The van der Waals surface area contributed by atoms with Gasteiger partial charge in [0.15, 0.2) is 5.96 Å². The van der Waals surface area contributed by atoms with Gasteiger partial charge in [0.1, 0.15) is 0 Å². The lowest BCUT2D eigenvalue weighted by Crippen LogP contribution is -2.42. The number of ether oxygens (including phenoxy) is 2. The molecule has 0 aliphatic carbocycles. The minimum Gasteiger partial charge on any atom is -0.379 e. The Bertz CT molecular complexity index is 582. The van der Waals surface area contributed by atoms with Crippen molar-refractivity contribution in [2.45, 2.75) is 66.7 Å². The number of nitrogens with one attached hydrogen (secondary N) is 2. The maximum atomic E-state index is 5.68. The molecule has 0 heterocycles. The van der Waals surface area contributed by atoms with Crippen LogP contribution in [0.1, 0.15) is 58.6 Å². The molecule has 0 aliphatic rings. The standard InChI is InChI=1S/C24H44N4O2.HI/c1-6-25-24(27-21(5)12-11-15-28(7-2)8-3)26-19-22-13-10-14-23(18-22)20-30-17-16-29-9-4;/h10,13-14,18,21H,6-9,11-12,15-17,19-20H2,1-5H3,(H2,25,26,27);1H. The number of aliphatic imine (C=N–C) groups is 1. The Kier molecular flexibility index (Phi) is 19.2. The topological polar surface area (TPSA) is 58.1 Å². The average molecular weight is 549 g/mol. The number of hydrogen-bond donors (Lipinski definition) is 2. The van der Waals surface area contributed by atoms with Crippen LogP contribution in [0.5, 0.6) is 0 Å². The van der Waals surface area contributed by atoms with Crippen LogP contribution in [-0.4, -0.2) is 62.9 Å².